The van der Waals surface area contributed by atoms with E-state index in [1.54, 1.807) is 4.80 Å². The molecule has 0 amide bonds. The monoisotopic (exact) mass is 364 g/mol. The summed E-state index contributed by atoms with van der Waals surface area (Å²) in [5.74, 6) is 0. The van der Waals surface area contributed by atoms with E-state index >= 15 is 0 Å². The molecule has 0 atom stereocenters. The molecule has 0 saturated carbocycles. The molecule has 0 radical (unpaired) electrons. The molecule has 0 aliphatic heterocycles. The maximum absolute atomic E-state index is 8.86. The largest absolute Gasteiger partial charge is 0.396 e. The highest BCUT2D eigenvalue weighted by atomic mass is 16.2. The summed E-state index contributed by atoms with van der Waals surface area (Å²) in [7, 11) is 0. The van der Waals surface area contributed by atoms with Crippen molar-refractivity contribution >= 4 is 0 Å². The Bertz CT molecular complexity index is 812. The lowest BCUT2D eigenvalue weighted by Crippen LogP contribution is -2.16. The molecule has 0 aliphatic carbocycles. The van der Waals surface area contributed by atoms with Crippen LogP contribution in [0.3, 0.4) is 0 Å². The summed E-state index contributed by atoms with van der Waals surface area (Å²) in [6, 6.07) is 18.7. The highest BCUT2D eigenvalue weighted by molar-refractivity contribution is 5.60. The van der Waals surface area contributed by atoms with Gasteiger partial charge in [0, 0.05) is 18.7 Å². The van der Waals surface area contributed by atoms with Crippen LogP contribution >= 0.6 is 0 Å². The Hall–Kier alpha value is -2.50. The normalized spacial score (nSPS) is 11.0. The summed E-state index contributed by atoms with van der Waals surface area (Å²) in [5, 5.41) is 21.8. The molecule has 2 N–H and O–H groups in total. The third kappa shape index (κ3) is 5.74. The van der Waals surface area contributed by atoms with Gasteiger partial charge in [-0.15, -0.1) is 0 Å². The molecule has 3 rings (SSSR count). The van der Waals surface area contributed by atoms with E-state index in [1.165, 1.54) is 11.1 Å². The fourth-order valence-electron chi connectivity index (χ4n) is 2.99. The number of unbranched alkanes of at least 4 members (excludes halogenated alkanes) is 2. The third-order valence-corrected chi connectivity index (χ3v) is 4.52. The maximum Gasteiger partial charge on any atom is 0.117 e. The Kier molecular flexibility index (Phi) is 7.13. The minimum Gasteiger partial charge on any atom is -0.396 e. The number of rotatable bonds is 10. The number of aryl methyl sites for hydroxylation is 1. The molecule has 1 heterocycles. The number of nitrogens with zero attached hydrogens (tertiary/aromatic N) is 3. The van der Waals surface area contributed by atoms with Gasteiger partial charge in [0.05, 0.1) is 6.54 Å². The predicted octanol–water partition coefficient (Wildman–Crippen LogP) is 3.55. The van der Waals surface area contributed by atoms with E-state index < -0.39 is 0 Å². The second-order valence-electron chi connectivity index (χ2n) is 6.84. The Balaban J connectivity index is 1.71. The van der Waals surface area contributed by atoms with Gasteiger partial charge in [-0.05, 0) is 38.3 Å². The topological polar surface area (TPSA) is 63.0 Å². The van der Waals surface area contributed by atoms with Gasteiger partial charge in [0.1, 0.15) is 11.4 Å². The van der Waals surface area contributed by atoms with Crippen molar-refractivity contribution in [1.82, 2.24) is 20.3 Å². The first-order valence-electron chi connectivity index (χ1n) is 9.63. The summed E-state index contributed by atoms with van der Waals surface area (Å²) >= 11 is 0. The van der Waals surface area contributed by atoms with Crippen molar-refractivity contribution in [3.05, 3.63) is 71.4 Å². The van der Waals surface area contributed by atoms with E-state index in [0.29, 0.717) is 13.1 Å². The number of nitrogens with one attached hydrogen (secondary N) is 1. The molecular formula is C22H28N4O. The first kappa shape index (κ1) is 19.3. The minimum absolute atomic E-state index is 0.269. The van der Waals surface area contributed by atoms with Crippen LogP contribution in [0.2, 0.25) is 0 Å². The van der Waals surface area contributed by atoms with Crippen LogP contribution in [0, 0.1) is 6.92 Å². The summed E-state index contributed by atoms with van der Waals surface area (Å²) in [6.07, 6.45) is 2.96. The zero-order valence-electron chi connectivity index (χ0n) is 15.9. The van der Waals surface area contributed by atoms with Gasteiger partial charge in [-0.25, -0.2) is 0 Å². The van der Waals surface area contributed by atoms with Crippen LogP contribution in [0.25, 0.3) is 11.3 Å². The van der Waals surface area contributed by atoms with Crippen LogP contribution < -0.4 is 5.32 Å². The molecule has 142 valence electrons. The highest BCUT2D eigenvalue weighted by Gasteiger charge is 2.13. The molecule has 0 fully saturated rings. The Labute approximate surface area is 161 Å². The lowest BCUT2D eigenvalue weighted by Gasteiger charge is -2.04. The first-order valence-corrected chi connectivity index (χ1v) is 9.63. The number of hydrogen-bond acceptors (Lipinski definition) is 4. The smallest absolute Gasteiger partial charge is 0.117 e. The van der Waals surface area contributed by atoms with Crippen LogP contribution in [0.5, 0.6) is 0 Å². The van der Waals surface area contributed by atoms with Crippen molar-refractivity contribution in [1.29, 1.82) is 0 Å². The van der Waals surface area contributed by atoms with Gasteiger partial charge in [-0.2, -0.15) is 15.0 Å². The first-order chi connectivity index (χ1) is 13.3. The zero-order chi connectivity index (χ0) is 18.9. The van der Waals surface area contributed by atoms with Gasteiger partial charge in [-0.3, -0.25) is 0 Å². The van der Waals surface area contributed by atoms with Crippen molar-refractivity contribution < 1.29 is 5.11 Å². The standard InChI is InChI=1S/C22H28N4O/c1-18-10-12-19(13-11-18)17-26-24-21(16-23-14-6-3-7-15-27)22(25-26)20-8-4-2-5-9-20/h2,4-5,8-13,23,27H,3,6-7,14-17H2,1H3. The summed E-state index contributed by atoms with van der Waals surface area (Å²) in [4.78, 5) is 1.79. The second kappa shape index (κ2) is 10.00. The SMILES string of the molecule is Cc1ccc(Cn2nc(CNCCCCCO)c(-c3ccccc3)n2)cc1. The van der Waals surface area contributed by atoms with Crippen molar-refractivity contribution in [2.75, 3.05) is 13.2 Å². The number of aromatic nitrogens is 3. The zero-order valence-corrected chi connectivity index (χ0v) is 15.9. The quantitative estimate of drug-likeness (QED) is 0.540. The van der Waals surface area contributed by atoms with E-state index in [9.17, 15) is 0 Å². The summed E-state index contributed by atoms with van der Waals surface area (Å²) in [6.45, 7) is 4.63. The average molecular weight is 364 g/mol. The molecule has 0 spiro atoms. The molecule has 3 aromatic rings. The number of aliphatic hydroxyl groups excluding tert-OH is 1. The molecule has 2 aromatic carbocycles. The number of aliphatic hydroxyl groups is 1. The predicted molar refractivity (Wildman–Crippen MR) is 108 cm³/mol. The highest BCUT2D eigenvalue weighted by Crippen LogP contribution is 2.20. The van der Waals surface area contributed by atoms with Crippen LogP contribution in [0.1, 0.15) is 36.1 Å². The van der Waals surface area contributed by atoms with Gasteiger partial charge in [-0.1, -0.05) is 60.2 Å². The molecular weight excluding hydrogens is 336 g/mol. The van der Waals surface area contributed by atoms with Crippen LogP contribution in [-0.4, -0.2) is 33.3 Å². The van der Waals surface area contributed by atoms with Crippen molar-refractivity contribution in [2.24, 2.45) is 0 Å². The van der Waals surface area contributed by atoms with Gasteiger partial charge >= 0.3 is 0 Å². The molecule has 0 unspecified atom stereocenters. The summed E-state index contributed by atoms with van der Waals surface area (Å²) < 4.78 is 0. The van der Waals surface area contributed by atoms with Crippen molar-refractivity contribution in [2.45, 2.75) is 39.3 Å². The number of hydrogen-bond donors (Lipinski definition) is 2. The molecule has 5 nitrogen and oxygen atoms in total. The Morgan fingerprint density at radius 2 is 1.70 bits per heavy atom. The van der Waals surface area contributed by atoms with Gasteiger partial charge < -0.3 is 10.4 Å². The Morgan fingerprint density at radius 1 is 0.926 bits per heavy atom. The van der Waals surface area contributed by atoms with E-state index in [1.807, 2.05) is 18.2 Å². The van der Waals surface area contributed by atoms with Gasteiger partial charge in [0.25, 0.3) is 0 Å². The second-order valence-corrected chi connectivity index (χ2v) is 6.84. The molecule has 0 bridgehead atoms. The fourth-order valence-corrected chi connectivity index (χ4v) is 2.99. The third-order valence-electron chi connectivity index (χ3n) is 4.52. The lowest BCUT2D eigenvalue weighted by molar-refractivity contribution is 0.283. The minimum atomic E-state index is 0.269. The number of benzene rings is 2. The van der Waals surface area contributed by atoms with E-state index in [4.69, 9.17) is 15.3 Å². The van der Waals surface area contributed by atoms with Crippen LogP contribution in [0.15, 0.2) is 54.6 Å². The lowest BCUT2D eigenvalue weighted by atomic mass is 10.1. The average Bonchev–Trinajstić information content (AvgIpc) is 3.10. The van der Waals surface area contributed by atoms with Crippen molar-refractivity contribution in [3.63, 3.8) is 0 Å². The Morgan fingerprint density at radius 3 is 2.44 bits per heavy atom. The van der Waals surface area contributed by atoms with E-state index in [0.717, 1.165) is 42.8 Å². The molecule has 0 saturated heterocycles. The molecule has 1 aromatic heterocycles. The molecule has 27 heavy (non-hydrogen) atoms. The van der Waals surface area contributed by atoms with Crippen LogP contribution in [-0.2, 0) is 13.1 Å². The van der Waals surface area contributed by atoms with Crippen molar-refractivity contribution in [3.8, 4) is 11.3 Å². The van der Waals surface area contributed by atoms with Gasteiger partial charge in [0.15, 0.2) is 0 Å². The van der Waals surface area contributed by atoms with E-state index in [-0.39, 0.29) is 6.61 Å². The molecule has 5 heteroatoms. The van der Waals surface area contributed by atoms with Gasteiger partial charge in [0.2, 0.25) is 0 Å². The summed E-state index contributed by atoms with van der Waals surface area (Å²) in [5.41, 5.74) is 5.44. The molecule has 0 aliphatic rings. The van der Waals surface area contributed by atoms with Crippen LogP contribution in [0.4, 0.5) is 0 Å². The fraction of sp³-hybridized carbons (Fsp3) is 0.364. The van der Waals surface area contributed by atoms with E-state index in [2.05, 4.69) is 48.6 Å². The maximum atomic E-state index is 8.86.